The van der Waals surface area contributed by atoms with Crippen molar-refractivity contribution in [1.82, 2.24) is 9.97 Å². The van der Waals surface area contributed by atoms with E-state index in [9.17, 15) is 8.78 Å². The zero-order chi connectivity index (χ0) is 15.1. The molecule has 0 aliphatic carbocycles. The molecule has 22 heavy (non-hydrogen) atoms. The van der Waals surface area contributed by atoms with Gasteiger partial charge in [0.15, 0.2) is 0 Å². The van der Waals surface area contributed by atoms with Gasteiger partial charge in [0.05, 0.1) is 0 Å². The third kappa shape index (κ3) is 2.09. The molecule has 0 radical (unpaired) electrons. The standard InChI is InChI=1S/C17H13F2N3/c18-13-7-12-10-22(6-3-14(12)16(19)8-13)17-15-9-20-4-1-11(15)2-5-21-17/h1-2,4-5,7-9H,3,6,10H2. The van der Waals surface area contributed by atoms with Gasteiger partial charge in [-0.05, 0) is 41.1 Å². The van der Waals surface area contributed by atoms with Crippen LogP contribution in [0.15, 0.2) is 42.9 Å². The number of benzene rings is 1. The summed E-state index contributed by atoms with van der Waals surface area (Å²) in [6.07, 6.45) is 5.81. The van der Waals surface area contributed by atoms with Gasteiger partial charge in [-0.1, -0.05) is 0 Å². The molecule has 3 aromatic rings. The summed E-state index contributed by atoms with van der Waals surface area (Å²) in [6.45, 7) is 1.10. The molecule has 0 spiro atoms. The van der Waals surface area contributed by atoms with Gasteiger partial charge in [0.1, 0.15) is 17.5 Å². The monoisotopic (exact) mass is 297 g/mol. The second-order valence-corrected chi connectivity index (χ2v) is 5.43. The lowest BCUT2D eigenvalue weighted by molar-refractivity contribution is 0.555. The van der Waals surface area contributed by atoms with Crippen molar-refractivity contribution in [2.75, 3.05) is 11.4 Å². The molecule has 0 fully saturated rings. The van der Waals surface area contributed by atoms with Gasteiger partial charge in [-0.15, -0.1) is 0 Å². The Bertz CT molecular complexity index is 858. The van der Waals surface area contributed by atoms with Gasteiger partial charge in [0.2, 0.25) is 0 Å². The summed E-state index contributed by atoms with van der Waals surface area (Å²) in [4.78, 5) is 10.6. The highest BCUT2D eigenvalue weighted by molar-refractivity contribution is 5.91. The SMILES string of the molecule is Fc1cc(F)c2c(c1)CN(c1nccc3ccncc13)CC2. The van der Waals surface area contributed by atoms with E-state index in [4.69, 9.17) is 0 Å². The van der Waals surface area contributed by atoms with Crippen molar-refractivity contribution < 1.29 is 8.78 Å². The van der Waals surface area contributed by atoms with Crippen LogP contribution in [0, 0.1) is 11.6 Å². The van der Waals surface area contributed by atoms with Crippen molar-refractivity contribution in [3.05, 3.63) is 65.6 Å². The van der Waals surface area contributed by atoms with Gasteiger partial charge >= 0.3 is 0 Å². The highest BCUT2D eigenvalue weighted by atomic mass is 19.1. The number of hydrogen-bond acceptors (Lipinski definition) is 3. The van der Waals surface area contributed by atoms with E-state index in [1.165, 1.54) is 6.07 Å². The van der Waals surface area contributed by atoms with E-state index in [-0.39, 0.29) is 0 Å². The van der Waals surface area contributed by atoms with E-state index in [2.05, 4.69) is 9.97 Å². The van der Waals surface area contributed by atoms with Gasteiger partial charge in [-0.3, -0.25) is 4.98 Å². The highest BCUT2D eigenvalue weighted by Crippen LogP contribution is 2.29. The Balaban J connectivity index is 1.78. The molecule has 1 aromatic carbocycles. The minimum Gasteiger partial charge on any atom is -0.351 e. The number of anilines is 1. The summed E-state index contributed by atoms with van der Waals surface area (Å²) >= 11 is 0. The molecular weight excluding hydrogens is 284 g/mol. The highest BCUT2D eigenvalue weighted by Gasteiger charge is 2.22. The summed E-state index contributed by atoms with van der Waals surface area (Å²) < 4.78 is 27.3. The maximum absolute atomic E-state index is 13.8. The summed E-state index contributed by atoms with van der Waals surface area (Å²) in [5, 5.41) is 2.00. The van der Waals surface area contributed by atoms with E-state index in [1.54, 1.807) is 18.6 Å². The van der Waals surface area contributed by atoms with Crippen molar-refractivity contribution in [3.63, 3.8) is 0 Å². The Kier molecular flexibility index (Phi) is 2.99. The van der Waals surface area contributed by atoms with Gasteiger partial charge in [-0.2, -0.15) is 0 Å². The van der Waals surface area contributed by atoms with E-state index in [1.807, 2.05) is 17.0 Å². The predicted molar refractivity (Wildman–Crippen MR) is 80.7 cm³/mol. The summed E-state index contributed by atoms with van der Waals surface area (Å²) in [5.74, 6) is -0.186. The molecule has 0 atom stereocenters. The van der Waals surface area contributed by atoms with Crippen LogP contribution in [-0.4, -0.2) is 16.5 Å². The fourth-order valence-corrected chi connectivity index (χ4v) is 3.04. The first kappa shape index (κ1) is 13.1. The van der Waals surface area contributed by atoms with Crippen LogP contribution in [0.4, 0.5) is 14.6 Å². The maximum Gasteiger partial charge on any atom is 0.138 e. The molecule has 1 aliphatic rings. The summed E-state index contributed by atoms with van der Waals surface area (Å²) in [6, 6.07) is 6.22. The molecule has 110 valence electrons. The number of rotatable bonds is 1. The van der Waals surface area contributed by atoms with Crippen LogP contribution in [0.25, 0.3) is 10.8 Å². The quantitative estimate of drug-likeness (QED) is 0.688. The Labute approximate surface area is 126 Å². The first-order valence-corrected chi connectivity index (χ1v) is 7.13. The van der Waals surface area contributed by atoms with Crippen molar-refractivity contribution in [2.24, 2.45) is 0 Å². The second-order valence-electron chi connectivity index (χ2n) is 5.43. The summed E-state index contributed by atoms with van der Waals surface area (Å²) in [7, 11) is 0. The Morgan fingerprint density at radius 3 is 2.86 bits per heavy atom. The number of nitrogens with zero attached hydrogens (tertiary/aromatic N) is 3. The zero-order valence-electron chi connectivity index (χ0n) is 11.8. The van der Waals surface area contributed by atoms with Crippen molar-refractivity contribution in [1.29, 1.82) is 0 Å². The minimum atomic E-state index is -0.536. The van der Waals surface area contributed by atoms with E-state index >= 15 is 0 Å². The van der Waals surface area contributed by atoms with Gasteiger partial charge in [0.25, 0.3) is 0 Å². The van der Waals surface area contributed by atoms with Gasteiger partial charge < -0.3 is 4.90 Å². The van der Waals surface area contributed by atoms with Crippen LogP contribution in [-0.2, 0) is 13.0 Å². The van der Waals surface area contributed by atoms with E-state index < -0.39 is 11.6 Å². The Hall–Kier alpha value is -2.56. The van der Waals surface area contributed by atoms with Gasteiger partial charge in [0, 0.05) is 43.1 Å². The second kappa shape index (κ2) is 5.02. The largest absolute Gasteiger partial charge is 0.351 e. The first-order valence-electron chi connectivity index (χ1n) is 7.13. The fourth-order valence-electron chi connectivity index (χ4n) is 3.04. The topological polar surface area (TPSA) is 29.0 Å². The summed E-state index contributed by atoms with van der Waals surface area (Å²) in [5.41, 5.74) is 1.29. The Morgan fingerprint density at radius 2 is 1.95 bits per heavy atom. The lowest BCUT2D eigenvalue weighted by Crippen LogP contribution is -2.31. The van der Waals surface area contributed by atoms with Crippen LogP contribution in [0.3, 0.4) is 0 Å². The third-order valence-electron chi connectivity index (χ3n) is 4.09. The molecular formula is C17H13F2N3. The number of hydrogen-bond donors (Lipinski definition) is 0. The normalized spacial score (nSPS) is 14.2. The molecule has 3 nitrogen and oxygen atoms in total. The smallest absolute Gasteiger partial charge is 0.138 e. The molecule has 3 heterocycles. The molecule has 0 N–H and O–H groups in total. The molecule has 5 heteroatoms. The fraction of sp³-hybridized carbons (Fsp3) is 0.176. The van der Waals surface area contributed by atoms with Crippen molar-refractivity contribution >= 4 is 16.6 Å². The lowest BCUT2D eigenvalue weighted by atomic mass is 9.98. The minimum absolute atomic E-state index is 0.449. The van der Waals surface area contributed by atoms with Crippen LogP contribution >= 0.6 is 0 Å². The molecule has 0 saturated carbocycles. The van der Waals surface area contributed by atoms with Crippen LogP contribution in [0.2, 0.25) is 0 Å². The lowest BCUT2D eigenvalue weighted by Gasteiger charge is -2.30. The first-order chi connectivity index (χ1) is 10.7. The molecule has 2 aromatic heterocycles. The average molecular weight is 297 g/mol. The number of fused-ring (bicyclic) bond motifs is 2. The maximum atomic E-state index is 13.8. The van der Waals surface area contributed by atoms with E-state index in [0.29, 0.717) is 30.6 Å². The molecule has 4 rings (SSSR count). The van der Waals surface area contributed by atoms with Crippen LogP contribution in [0.5, 0.6) is 0 Å². The van der Waals surface area contributed by atoms with Crippen molar-refractivity contribution in [2.45, 2.75) is 13.0 Å². The molecule has 0 amide bonds. The number of pyridine rings is 2. The Morgan fingerprint density at radius 1 is 1.09 bits per heavy atom. The van der Waals surface area contributed by atoms with E-state index in [0.717, 1.165) is 22.7 Å². The predicted octanol–water partition coefficient (Wildman–Crippen LogP) is 3.47. The molecule has 0 saturated heterocycles. The number of halogens is 2. The van der Waals surface area contributed by atoms with Crippen LogP contribution < -0.4 is 4.90 Å². The molecule has 0 bridgehead atoms. The third-order valence-corrected chi connectivity index (χ3v) is 4.09. The average Bonchev–Trinajstić information content (AvgIpc) is 2.53. The molecule has 1 aliphatic heterocycles. The van der Waals surface area contributed by atoms with Crippen LogP contribution in [0.1, 0.15) is 11.1 Å². The molecule has 0 unspecified atom stereocenters. The van der Waals surface area contributed by atoms with Crippen molar-refractivity contribution in [3.8, 4) is 0 Å². The number of aromatic nitrogens is 2. The zero-order valence-corrected chi connectivity index (χ0v) is 11.8. The van der Waals surface area contributed by atoms with Gasteiger partial charge in [-0.25, -0.2) is 13.8 Å².